The number of ether oxygens (including phenoxy) is 1. The standard InChI is InChI=1S/C8H12O2/c1-7-5-3-4-6(9)8(7,2)10-7/h3-5H2,1-2H3. The molecule has 2 fully saturated rings. The number of fused-ring (bicyclic) bond motifs is 1. The van der Waals surface area contributed by atoms with Crippen LogP contribution in [0.25, 0.3) is 0 Å². The predicted molar refractivity (Wildman–Crippen MR) is 36.8 cm³/mol. The summed E-state index contributed by atoms with van der Waals surface area (Å²) in [6, 6.07) is 0. The molecular weight excluding hydrogens is 128 g/mol. The van der Waals surface area contributed by atoms with Crippen LogP contribution in [0.4, 0.5) is 0 Å². The van der Waals surface area contributed by atoms with Crippen molar-refractivity contribution in [2.24, 2.45) is 0 Å². The molecule has 1 aliphatic heterocycles. The van der Waals surface area contributed by atoms with Gasteiger partial charge in [0.1, 0.15) is 5.60 Å². The summed E-state index contributed by atoms with van der Waals surface area (Å²) in [5.74, 6) is 0.293. The second kappa shape index (κ2) is 1.45. The molecule has 2 unspecified atom stereocenters. The average molecular weight is 140 g/mol. The number of hydrogen-bond acceptors (Lipinski definition) is 2. The number of ketones is 1. The summed E-state index contributed by atoms with van der Waals surface area (Å²) in [5.41, 5.74) is -0.492. The van der Waals surface area contributed by atoms with Gasteiger partial charge in [-0.3, -0.25) is 4.79 Å². The molecule has 2 atom stereocenters. The minimum absolute atomic E-state index is 0.0949. The third kappa shape index (κ3) is 0.511. The highest BCUT2D eigenvalue weighted by Gasteiger charge is 2.68. The highest BCUT2D eigenvalue weighted by atomic mass is 16.6. The lowest BCUT2D eigenvalue weighted by molar-refractivity contribution is -0.124. The molecule has 1 saturated carbocycles. The largest absolute Gasteiger partial charge is 0.355 e. The number of rotatable bonds is 0. The van der Waals surface area contributed by atoms with Crippen LogP contribution in [-0.2, 0) is 9.53 Å². The van der Waals surface area contributed by atoms with Crippen LogP contribution in [0, 0.1) is 0 Å². The smallest absolute Gasteiger partial charge is 0.167 e. The number of hydrogen-bond donors (Lipinski definition) is 0. The van der Waals surface area contributed by atoms with Gasteiger partial charge < -0.3 is 4.74 Å². The van der Waals surface area contributed by atoms with E-state index in [1.165, 1.54) is 0 Å². The van der Waals surface area contributed by atoms with Gasteiger partial charge in [-0.25, -0.2) is 0 Å². The Labute approximate surface area is 60.6 Å². The van der Waals surface area contributed by atoms with Gasteiger partial charge in [0, 0.05) is 6.42 Å². The van der Waals surface area contributed by atoms with Crippen LogP contribution in [0.2, 0.25) is 0 Å². The molecule has 0 aromatic heterocycles. The van der Waals surface area contributed by atoms with Crippen molar-refractivity contribution in [1.29, 1.82) is 0 Å². The van der Waals surface area contributed by atoms with E-state index in [2.05, 4.69) is 0 Å². The molecule has 0 amide bonds. The molecule has 0 aromatic carbocycles. The zero-order valence-corrected chi connectivity index (χ0v) is 6.44. The van der Waals surface area contributed by atoms with Gasteiger partial charge in [0.25, 0.3) is 0 Å². The van der Waals surface area contributed by atoms with Crippen LogP contribution in [0.1, 0.15) is 33.1 Å². The second-order valence-corrected chi connectivity index (χ2v) is 3.64. The maximum atomic E-state index is 11.2. The highest BCUT2D eigenvalue weighted by molar-refractivity contribution is 5.92. The molecule has 0 N–H and O–H groups in total. The van der Waals surface area contributed by atoms with Crippen molar-refractivity contribution in [3.63, 3.8) is 0 Å². The first-order chi connectivity index (χ1) is 4.58. The molecule has 56 valence electrons. The van der Waals surface area contributed by atoms with E-state index in [4.69, 9.17) is 4.74 Å². The number of carbonyl (C=O) groups is 1. The Morgan fingerprint density at radius 3 is 2.70 bits per heavy atom. The first kappa shape index (κ1) is 6.35. The topological polar surface area (TPSA) is 29.6 Å². The molecule has 1 saturated heterocycles. The molecule has 2 heteroatoms. The predicted octanol–water partition coefficient (Wildman–Crippen LogP) is 1.29. The van der Waals surface area contributed by atoms with Gasteiger partial charge in [0.15, 0.2) is 11.4 Å². The van der Waals surface area contributed by atoms with Crippen molar-refractivity contribution in [3.05, 3.63) is 0 Å². The van der Waals surface area contributed by atoms with Crippen molar-refractivity contribution in [3.8, 4) is 0 Å². The van der Waals surface area contributed by atoms with Crippen molar-refractivity contribution >= 4 is 5.78 Å². The Bertz CT molecular complexity index is 199. The summed E-state index contributed by atoms with van der Waals surface area (Å²) in [6.07, 6.45) is 2.77. The van der Waals surface area contributed by atoms with E-state index in [1.54, 1.807) is 0 Å². The van der Waals surface area contributed by atoms with E-state index in [9.17, 15) is 4.79 Å². The number of Topliss-reactive ketones (excluding diaryl/α,β-unsaturated/α-hetero) is 1. The van der Waals surface area contributed by atoms with Crippen LogP contribution in [0.5, 0.6) is 0 Å². The summed E-state index contributed by atoms with van der Waals surface area (Å²) in [7, 11) is 0. The Balaban J connectivity index is 2.28. The van der Waals surface area contributed by atoms with Gasteiger partial charge in [-0.1, -0.05) is 0 Å². The first-order valence-corrected chi connectivity index (χ1v) is 3.82. The van der Waals surface area contributed by atoms with E-state index in [0.717, 1.165) is 12.8 Å². The molecular formula is C8H12O2. The summed E-state index contributed by atoms with van der Waals surface area (Å²) in [4.78, 5) is 11.2. The van der Waals surface area contributed by atoms with Crippen molar-refractivity contribution in [2.45, 2.75) is 44.3 Å². The molecule has 0 radical (unpaired) electrons. The van der Waals surface area contributed by atoms with Crippen LogP contribution >= 0.6 is 0 Å². The quantitative estimate of drug-likeness (QED) is 0.474. The van der Waals surface area contributed by atoms with Gasteiger partial charge >= 0.3 is 0 Å². The lowest BCUT2D eigenvalue weighted by Gasteiger charge is -2.16. The molecule has 0 aromatic rings. The number of carbonyl (C=O) groups excluding carboxylic acids is 1. The molecule has 2 nitrogen and oxygen atoms in total. The maximum Gasteiger partial charge on any atom is 0.167 e. The fourth-order valence-corrected chi connectivity index (χ4v) is 1.89. The highest BCUT2D eigenvalue weighted by Crippen LogP contribution is 2.54. The van der Waals surface area contributed by atoms with E-state index in [-0.39, 0.29) is 5.60 Å². The fraction of sp³-hybridized carbons (Fsp3) is 0.875. The van der Waals surface area contributed by atoms with Gasteiger partial charge in [0.2, 0.25) is 0 Å². The molecule has 0 spiro atoms. The summed E-state index contributed by atoms with van der Waals surface area (Å²) in [5, 5.41) is 0. The Morgan fingerprint density at radius 2 is 2.20 bits per heavy atom. The molecule has 1 heterocycles. The van der Waals surface area contributed by atoms with E-state index < -0.39 is 5.60 Å². The molecule has 1 aliphatic carbocycles. The zero-order chi connectivity index (χ0) is 7.41. The minimum Gasteiger partial charge on any atom is -0.355 e. The van der Waals surface area contributed by atoms with Crippen LogP contribution in [-0.4, -0.2) is 17.0 Å². The van der Waals surface area contributed by atoms with Crippen molar-refractivity contribution < 1.29 is 9.53 Å². The SMILES string of the molecule is CC12CCCC(=O)C1(C)O2. The van der Waals surface area contributed by atoms with Gasteiger partial charge in [-0.15, -0.1) is 0 Å². The Kier molecular flexibility index (Phi) is 0.919. The van der Waals surface area contributed by atoms with Crippen LogP contribution in [0.3, 0.4) is 0 Å². The monoisotopic (exact) mass is 140 g/mol. The minimum atomic E-state index is -0.398. The van der Waals surface area contributed by atoms with Crippen LogP contribution < -0.4 is 0 Å². The van der Waals surface area contributed by atoms with Gasteiger partial charge in [-0.05, 0) is 26.7 Å². The first-order valence-electron chi connectivity index (χ1n) is 3.82. The maximum absolute atomic E-state index is 11.2. The summed E-state index contributed by atoms with van der Waals surface area (Å²) < 4.78 is 5.42. The Hall–Kier alpha value is -0.370. The third-order valence-electron chi connectivity index (χ3n) is 2.99. The van der Waals surface area contributed by atoms with E-state index >= 15 is 0 Å². The van der Waals surface area contributed by atoms with Gasteiger partial charge in [-0.2, -0.15) is 0 Å². The number of epoxide rings is 1. The van der Waals surface area contributed by atoms with Crippen molar-refractivity contribution in [2.75, 3.05) is 0 Å². The summed E-state index contributed by atoms with van der Waals surface area (Å²) >= 11 is 0. The normalized spacial score (nSPS) is 52.4. The molecule has 2 aliphatic rings. The van der Waals surface area contributed by atoms with E-state index in [0.29, 0.717) is 12.2 Å². The van der Waals surface area contributed by atoms with Gasteiger partial charge in [0.05, 0.1) is 0 Å². The fourth-order valence-electron chi connectivity index (χ4n) is 1.89. The summed E-state index contributed by atoms with van der Waals surface area (Å²) in [6.45, 7) is 3.94. The third-order valence-corrected chi connectivity index (χ3v) is 2.99. The average Bonchev–Trinajstić information content (AvgIpc) is 2.38. The Morgan fingerprint density at radius 1 is 1.50 bits per heavy atom. The molecule has 0 bridgehead atoms. The van der Waals surface area contributed by atoms with E-state index in [1.807, 2.05) is 13.8 Å². The van der Waals surface area contributed by atoms with Crippen LogP contribution in [0.15, 0.2) is 0 Å². The van der Waals surface area contributed by atoms with Crippen molar-refractivity contribution in [1.82, 2.24) is 0 Å². The molecule has 10 heavy (non-hydrogen) atoms. The lowest BCUT2D eigenvalue weighted by atomic mass is 9.81. The molecule has 2 rings (SSSR count). The lowest BCUT2D eigenvalue weighted by Crippen LogP contribution is -2.33. The second-order valence-electron chi connectivity index (χ2n) is 3.64. The zero-order valence-electron chi connectivity index (χ0n) is 6.44.